The first-order valence-corrected chi connectivity index (χ1v) is 9.53. The molecule has 0 aliphatic heterocycles. The van der Waals surface area contributed by atoms with Crippen LogP contribution in [0, 0.1) is 5.82 Å². The van der Waals surface area contributed by atoms with E-state index in [9.17, 15) is 19.1 Å². The summed E-state index contributed by atoms with van der Waals surface area (Å²) in [4.78, 5) is 27.0. The van der Waals surface area contributed by atoms with Gasteiger partial charge in [-0.05, 0) is 42.3 Å². The number of nitrogens with zero attached hydrogens (tertiary/aromatic N) is 1. The standard InChI is InChI=1S/C24H22FNO4/c1-2-26(21-15-13-20(25)14-16-21)22(27)17-30-23(28)24(29,18-9-5-3-6-10-18)19-11-7-4-8-12-19/h3-16,29H,2,17H2,1H3. The largest absolute Gasteiger partial charge is 0.453 e. The lowest BCUT2D eigenvalue weighted by Crippen LogP contribution is -2.41. The Morgan fingerprint density at radius 2 is 1.40 bits per heavy atom. The fraction of sp³-hybridized carbons (Fsp3) is 0.167. The topological polar surface area (TPSA) is 66.8 Å². The maximum atomic E-state index is 13.2. The van der Waals surface area contributed by atoms with Crippen molar-refractivity contribution in [1.82, 2.24) is 0 Å². The van der Waals surface area contributed by atoms with Crippen LogP contribution >= 0.6 is 0 Å². The number of benzene rings is 3. The van der Waals surface area contributed by atoms with Gasteiger partial charge in [0, 0.05) is 12.2 Å². The van der Waals surface area contributed by atoms with Crippen molar-refractivity contribution in [3.8, 4) is 0 Å². The van der Waals surface area contributed by atoms with Crippen LogP contribution in [0.15, 0.2) is 84.9 Å². The number of halogens is 1. The average Bonchev–Trinajstić information content (AvgIpc) is 2.79. The molecule has 0 saturated heterocycles. The van der Waals surface area contributed by atoms with E-state index in [4.69, 9.17) is 4.74 Å². The van der Waals surface area contributed by atoms with Crippen LogP contribution < -0.4 is 4.90 Å². The highest BCUT2D eigenvalue weighted by molar-refractivity contribution is 5.96. The van der Waals surface area contributed by atoms with Crippen molar-refractivity contribution in [2.75, 3.05) is 18.1 Å². The number of aliphatic hydroxyl groups is 1. The summed E-state index contributed by atoms with van der Waals surface area (Å²) in [7, 11) is 0. The Hall–Kier alpha value is -3.51. The van der Waals surface area contributed by atoms with Gasteiger partial charge in [-0.1, -0.05) is 60.7 Å². The number of amides is 1. The van der Waals surface area contributed by atoms with Gasteiger partial charge in [0.25, 0.3) is 5.91 Å². The number of ether oxygens (including phenoxy) is 1. The van der Waals surface area contributed by atoms with Crippen LogP contribution in [0.2, 0.25) is 0 Å². The first-order valence-electron chi connectivity index (χ1n) is 9.53. The van der Waals surface area contributed by atoms with Crippen molar-refractivity contribution in [1.29, 1.82) is 0 Å². The lowest BCUT2D eigenvalue weighted by Gasteiger charge is -2.27. The summed E-state index contributed by atoms with van der Waals surface area (Å²) in [5.74, 6) is -1.85. The molecule has 0 atom stereocenters. The summed E-state index contributed by atoms with van der Waals surface area (Å²) >= 11 is 0. The minimum absolute atomic E-state index is 0.309. The molecule has 0 heterocycles. The Balaban J connectivity index is 1.81. The Morgan fingerprint density at radius 1 is 0.900 bits per heavy atom. The molecular weight excluding hydrogens is 385 g/mol. The predicted octanol–water partition coefficient (Wildman–Crippen LogP) is 3.66. The molecule has 0 unspecified atom stereocenters. The Morgan fingerprint density at radius 3 is 1.87 bits per heavy atom. The molecule has 0 aromatic heterocycles. The second kappa shape index (κ2) is 9.33. The number of hydrogen-bond donors (Lipinski definition) is 1. The predicted molar refractivity (Wildman–Crippen MR) is 111 cm³/mol. The van der Waals surface area contributed by atoms with E-state index in [1.54, 1.807) is 67.6 Å². The van der Waals surface area contributed by atoms with E-state index in [1.165, 1.54) is 29.2 Å². The van der Waals surface area contributed by atoms with Crippen molar-refractivity contribution in [2.45, 2.75) is 12.5 Å². The average molecular weight is 407 g/mol. The fourth-order valence-corrected chi connectivity index (χ4v) is 3.19. The molecule has 0 radical (unpaired) electrons. The van der Waals surface area contributed by atoms with E-state index < -0.39 is 29.9 Å². The summed E-state index contributed by atoms with van der Waals surface area (Å²) in [6.45, 7) is 1.50. The maximum absolute atomic E-state index is 13.2. The summed E-state index contributed by atoms with van der Waals surface area (Å²) in [6, 6.07) is 22.3. The number of hydrogen-bond acceptors (Lipinski definition) is 4. The minimum Gasteiger partial charge on any atom is -0.453 e. The molecule has 0 saturated carbocycles. The molecule has 1 N–H and O–H groups in total. The Labute approximate surface area is 174 Å². The van der Waals surface area contributed by atoms with Crippen molar-refractivity contribution >= 4 is 17.6 Å². The van der Waals surface area contributed by atoms with Gasteiger partial charge in [-0.2, -0.15) is 0 Å². The Bertz CT molecular complexity index is 951. The highest BCUT2D eigenvalue weighted by atomic mass is 19.1. The zero-order valence-electron chi connectivity index (χ0n) is 16.5. The van der Waals surface area contributed by atoms with Gasteiger partial charge >= 0.3 is 5.97 Å². The summed E-state index contributed by atoms with van der Waals surface area (Å²) in [5, 5.41) is 11.3. The molecule has 1 amide bonds. The Kier molecular flexibility index (Phi) is 6.59. The van der Waals surface area contributed by atoms with E-state index in [2.05, 4.69) is 0 Å². The molecule has 3 aromatic carbocycles. The molecule has 30 heavy (non-hydrogen) atoms. The highest BCUT2D eigenvalue weighted by Gasteiger charge is 2.42. The second-order valence-corrected chi connectivity index (χ2v) is 6.63. The van der Waals surface area contributed by atoms with Crippen LogP contribution in [0.25, 0.3) is 0 Å². The van der Waals surface area contributed by atoms with E-state index >= 15 is 0 Å². The van der Waals surface area contributed by atoms with E-state index in [1.807, 2.05) is 0 Å². The smallest absolute Gasteiger partial charge is 0.348 e. The van der Waals surface area contributed by atoms with Gasteiger partial charge in [0.2, 0.25) is 5.60 Å². The van der Waals surface area contributed by atoms with Gasteiger partial charge in [-0.3, -0.25) is 4.79 Å². The number of likely N-dealkylation sites (N-methyl/N-ethyl adjacent to an activating group) is 1. The normalized spacial score (nSPS) is 11.0. The van der Waals surface area contributed by atoms with Gasteiger partial charge in [-0.25, -0.2) is 9.18 Å². The van der Waals surface area contributed by atoms with Gasteiger partial charge in [0.05, 0.1) is 0 Å². The van der Waals surface area contributed by atoms with Crippen molar-refractivity contribution in [3.05, 3.63) is 102 Å². The fourth-order valence-electron chi connectivity index (χ4n) is 3.19. The number of anilines is 1. The zero-order chi connectivity index (χ0) is 21.6. The molecule has 6 heteroatoms. The summed E-state index contributed by atoms with van der Waals surface area (Å²) < 4.78 is 18.4. The number of esters is 1. The first kappa shape index (κ1) is 21.2. The number of carbonyl (C=O) groups excluding carboxylic acids is 2. The number of rotatable bonds is 7. The van der Waals surface area contributed by atoms with Crippen LogP contribution in [-0.2, 0) is 19.9 Å². The van der Waals surface area contributed by atoms with E-state index in [0.717, 1.165) is 0 Å². The van der Waals surface area contributed by atoms with Crippen LogP contribution in [0.1, 0.15) is 18.1 Å². The molecule has 0 fully saturated rings. The first-order chi connectivity index (χ1) is 14.5. The summed E-state index contributed by atoms with van der Waals surface area (Å²) in [5.41, 5.74) is -0.907. The van der Waals surface area contributed by atoms with Gasteiger partial charge in [0.15, 0.2) is 6.61 Å². The molecule has 154 valence electrons. The maximum Gasteiger partial charge on any atom is 0.348 e. The molecule has 0 spiro atoms. The molecule has 0 bridgehead atoms. The SMILES string of the molecule is CCN(C(=O)COC(=O)C(O)(c1ccccc1)c1ccccc1)c1ccc(F)cc1. The van der Waals surface area contributed by atoms with Crippen LogP contribution in [0.3, 0.4) is 0 Å². The monoisotopic (exact) mass is 407 g/mol. The molecule has 5 nitrogen and oxygen atoms in total. The van der Waals surface area contributed by atoms with Gasteiger partial charge in [-0.15, -0.1) is 0 Å². The van der Waals surface area contributed by atoms with Gasteiger partial charge < -0.3 is 14.7 Å². The molecule has 0 aliphatic rings. The van der Waals surface area contributed by atoms with Crippen LogP contribution in [-0.4, -0.2) is 30.1 Å². The summed E-state index contributed by atoms with van der Waals surface area (Å²) in [6.07, 6.45) is 0. The third-order valence-corrected chi connectivity index (χ3v) is 4.76. The molecule has 0 aliphatic carbocycles. The lowest BCUT2D eigenvalue weighted by molar-refractivity contribution is -0.164. The van der Waals surface area contributed by atoms with Crippen molar-refractivity contribution in [2.24, 2.45) is 0 Å². The highest BCUT2D eigenvalue weighted by Crippen LogP contribution is 2.31. The van der Waals surface area contributed by atoms with Crippen molar-refractivity contribution < 1.29 is 23.8 Å². The molecular formula is C24H22FNO4. The lowest BCUT2D eigenvalue weighted by atomic mass is 9.86. The third-order valence-electron chi connectivity index (χ3n) is 4.76. The van der Waals surface area contributed by atoms with Crippen molar-refractivity contribution in [3.63, 3.8) is 0 Å². The van der Waals surface area contributed by atoms with E-state index in [0.29, 0.717) is 23.4 Å². The van der Waals surface area contributed by atoms with E-state index in [-0.39, 0.29) is 0 Å². The second-order valence-electron chi connectivity index (χ2n) is 6.63. The zero-order valence-corrected chi connectivity index (χ0v) is 16.5. The quantitative estimate of drug-likeness (QED) is 0.607. The number of carbonyl (C=O) groups is 2. The third kappa shape index (κ3) is 4.39. The molecule has 3 rings (SSSR count). The van der Waals surface area contributed by atoms with Crippen LogP contribution in [0.5, 0.6) is 0 Å². The van der Waals surface area contributed by atoms with Gasteiger partial charge in [0.1, 0.15) is 5.82 Å². The minimum atomic E-state index is -2.06. The molecule has 3 aromatic rings. The van der Waals surface area contributed by atoms with Crippen LogP contribution in [0.4, 0.5) is 10.1 Å².